The summed E-state index contributed by atoms with van der Waals surface area (Å²) >= 11 is 0. The van der Waals surface area contributed by atoms with Crippen LogP contribution >= 0.6 is 0 Å². The highest BCUT2D eigenvalue weighted by atomic mass is 19.3. The fourth-order valence-electron chi connectivity index (χ4n) is 2.17. The van der Waals surface area contributed by atoms with Crippen molar-refractivity contribution in [3.8, 4) is 0 Å². The molecular formula is C19H26F2N2O6. The average molecular weight is 416 g/mol. The number of carbonyl (C=O) groups excluding carboxylic acids is 2. The van der Waals surface area contributed by atoms with E-state index in [1.54, 1.807) is 51.1 Å². The van der Waals surface area contributed by atoms with Crippen LogP contribution in [0.25, 0.3) is 0 Å². The second kappa shape index (κ2) is 10.6. The topological polar surface area (TPSA) is 114 Å². The number of alkyl carbamates (subject to hydrolysis) is 2. The van der Waals surface area contributed by atoms with Crippen LogP contribution < -0.4 is 10.6 Å². The number of nitrogens with one attached hydrogen (secondary N) is 2. The lowest BCUT2D eigenvalue weighted by atomic mass is 10.1. The van der Waals surface area contributed by atoms with Gasteiger partial charge in [0.05, 0.1) is 0 Å². The van der Waals surface area contributed by atoms with E-state index in [1.165, 1.54) is 0 Å². The molecule has 1 atom stereocenters. The predicted octanol–water partition coefficient (Wildman–Crippen LogP) is 3.31. The maximum atomic E-state index is 14.1. The number of aliphatic carboxylic acids is 1. The maximum Gasteiger partial charge on any atom is 0.408 e. The van der Waals surface area contributed by atoms with Gasteiger partial charge in [0.2, 0.25) is 0 Å². The van der Waals surface area contributed by atoms with E-state index < -0.39 is 55.1 Å². The molecule has 0 radical (unpaired) electrons. The number of ether oxygens (including phenoxy) is 2. The number of amides is 2. The first-order chi connectivity index (χ1) is 13.4. The van der Waals surface area contributed by atoms with Gasteiger partial charge in [-0.25, -0.2) is 23.2 Å². The third kappa shape index (κ3) is 10.9. The molecule has 1 aromatic carbocycles. The Morgan fingerprint density at radius 1 is 1.10 bits per heavy atom. The number of carboxylic acids is 1. The highest BCUT2D eigenvalue weighted by Gasteiger charge is 2.37. The van der Waals surface area contributed by atoms with Gasteiger partial charge in [0.15, 0.2) is 0 Å². The van der Waals surface area contributed by atoms with E-state index in [0.717, 1.165) is 5.56 Å². The molecule has 0 saturated carbocycles. The number of alkyl halides is 2. The van der Waals surface area contributed by atoms with Crippen LogP contribution in [-0.2, 0) is 20.9 Å². The van der Waals surface area contributed by atoms with Crippen molar-refractivity contribution in [1.29, 1.82) is 0 Å². The lowest BCUT2D eigenvalue weighted by Crippen LogP contribution is -2.46. The first-order valence-corrected chi connectivity index (χ1v) is 8.93. The lowest BCUT2D eigenvalue weighted by Gasteiger charge is -2.24. The van der Waals surface area contributed by atoms with Gasteiger partial charge in [-0.05, 0) is 26.3 Å². The Labute approximate surface area is 167 Å². The molecule has 0 aliphatic carbocycles. The monoisotopic (exact) mass is 416 g/mol. The molecule has 0 aliphatic rings. The van der Waals surface area contributed by atoms with Crippen molar-refractivity contribution in [1.82, 2.24) is 10.6 Å². The fourth-order valence-corrected chi connectivity index (χ4v) is 2.17. The number of rotatable bonds is 9. The predicted molar refractivity (Wildman–Crippen MR) is 99.6 cm³/mol. The molecule has 29 heavy (non-hydrogen) atoms. The molecule has 0 aromatic heterocycles. The largest absolute Gasteiger partial charge is 0.480 e. The highest BCUT2D eigenvalue weighted by molar-refractivity contribution is 5.80. The van der Waals surface area contributed by atoms with Gasteiger partial charge in [-0.2, -0.15) is 0 Å². The summed E-state index contributed by atoms with van der Waals surface area (Å²) in [6, 6.07) is 6.97. The quantitative estimate of drug-likeness (QED) is 0.569. The SMILES string of the molecule is CC(C)(C)OC(=O)NC(CC(F)(F)CCNC(=O)OCc1ccccc1)C(=O)O. The van der Waals surface area contributed by atoms with Gasteiger partial charge in [0.1, 0.15) is 18.2 Å². The summed E-state index contributed by atoms with van der Waals surface area (Å²) in [6.45, 7) is 4.22. The zero-order valence-electron chi connectivity index (χ0n) is 16.5. The van der Waals surface area contributed by atoms with E-state index in [9.17, 15) is 23.2 Å². The van der Waals surface area contributed by atoms with Gasteiger partial charge in [0.25, 0.3) is 5.92 Å². The number of hydrogen-bond acceptors (Lipinski definition) is 5. The van der Waals surface area contributed by atoms with Gasteiger partial charge in [-0.15, -0.1) is 0 Å². The van der Waals surface area contributed by atoms with E-state index in [0.29, 0.717) is 0 Å². The molecule has 2 amide bonds. The summed E-state index contributed by atoms with van der Waals surface area (Å²) in [4.78, 5) is 34.4. The Kier molecular flexibility index (Phi) is 8.81. The van der Waals surface area contributed by atoms with E-state index >= 15 is 0 Å². The summed E-state index contributed by atoms with van der Waals surface area (Å²) in [5.41, 5.74) is -0.162. The molecule has 0 saturated heterocycles. The van der Waals surface area contributed by atoms with Crippen LogP contribution in [0.2, 0.25) is 0 Å². The third-order valence-corrected chi connectivity index (χ3v) is 3.46. The van der Waals surface area contributed by atoms with Crippen molar-refractivity contribution < 1.29 is 37.7 Å². The zero-order chi connectivity index (χ0) is 22.1. The van der Waals surface area contributed by atoms with Crippen LogP contribution in [0, 0.1) is 0 Å². The molecule has 1 rings (SSSR count). The van der Waals surface area contributed by atoms with E-state index in [4.69, 9.17) is 14.6 Å². The summed E-state index contributed by atoms with van der Waals surface area (Å²) in [7, 11) is 0. The summed E-state index contributed by atoms with van der Waals surface area (Å²) in [5, 5.41) is 13.2. The number of carbonyl (C=O) groups is 3. The molecule has 1 unspecified atom stereocenters. The molecule has 10 heteroatoms. The van der Waals surface area contributed by atoms with Crippen molar-refractivity contribution in [2.75, 3.05) is 6.54 Å². The van der Waals surface area contributed by atoms with E-state index in [1.807, 2.05) is 5.32 Å². The number of hydrogen-bond donors (Lipinski definition) is 3. The van der Waals surface area contributed by atoms with E-state index in [2.05, 4.69) is 5.32 Å². The second-order valence-electron chi connectivity index (χ2n) is 7.34. The normalized spacial score (nSPS) is 12.6. The minimum absolute atomic E-state index is 0.00996. The molecule has 0 spiro atoms. The molecule has 3 N–H and O–H groups in total. The zero-order valence-corrected chi connectivity index (χ0v) is 16.5. The van der Waals surface area contributed by atoms with Crippen LogP contribution in [0.4, 0.5) is 18.4 Å². The first-order valence-electron chi connectivity index (χ1n) is 8.93. The van der Waals surface area contributed by atoms with Gasteiger partial charge < -0.3 is 25.2 Å². The van der Waals surface area contributed by atoms with Crippen LogP contribution in [0.1, 0.15) is 39.2 Å². The Hall–Kier alpha value is -2.91. The number of benzene rings is 1. The van der Waals surface area contributed by atoms with Crippen molar-refractivity contribution in [3.05, 3.63) is 35.9 Å². The molecular weight excluding hydrogens is 390 g/mol. The van der Waals surface area contributed by atoms with Gasteiger partial charge in [-0.1, -0.05) is 30.3 Å². The van der Waals surface area contributed by atoms with Gasteiger partial charge >= 0.3 is 18.2 Å². The smallest absolute Gasteiger partial charge is 0.408 e. The van der Waals surface area contributed by atoms with Crippen molar-refractivity contribution in [2.24, 2.45) is 0 Å². The average Bonchev–Trinajstić information content (AvgIpc) is 2.58. The van der Waals surface area contributed by atoms with Crippen LogP contribution in [0.15, 0.2) is 30.3 Å². The maximum absolute atomic E-state index is 14.1. The Morgan fingerprint density at radius 3 is 2.28 bits per heavy atom. The second-order valence-corrected chi connectivity index (χ2v) is 7.34. The molecule has 0 heterocycles. The highest BCUT2D eigenvalue weighted by Crippen LogP contribution is 2.24. The summed E-state index contributed by atoms with van der Waals surface area (Å²) in [6.07, 6.45) is -3.95. The molecule has 0 bridgehead atoms. The summed E-state index contributed by atoms with van der Waals surface area (Å²) in [5.74, 6) is -5.07. The minimum atomic E-state index is -3.45. The third-order valence-electron chi connectivity index (χ3n) is 3.46. The van der Waals surface area contributed by atoms with Crippen LogP contribution in [-0.4, -0.2) is 47.4 Å². The first kappa shape index (κ1) is 24.1. The Balaban J connectivity index is 2.43. The standard InChI is InChI=1S/C19H26F2N2O6/c1-18(2,3)29-17(27)23-14(15(24)25)11-19(20,21)9-10-22-16(26)28-12-13-7-5-4-6-8-13/h4-8,14H,9-12H2,1-3H3,(H,22,26)(H,23,27)(H,24,25). The summed E-state index contributed by atoms with van der Waals surface area (Å²) < 4.78 is 37.9. The van der Waals surface area contributed by atoms with Crippen molar-refractivity contribution in [3.63, 3.8) is 0 Å². The fraction of sp³-hybridized carbons (Fsp3) is 0.526. The molecule has 162 valence electrons. The molecule has 0 aliphatic heterocycles. The Bertz CT molecular complexity index is 692. The van der Waals surface area contributed by atoms with Crippen LogP contribution in [0.3, 0.4) is 0 Å². The molecule has 8 nitrogen and oxygen atoms in total. The van der Waals surface area contributed by atoms with Gasteiger partial charge in [-0.3, -0.25) is 0 Å². The number of halogens is 2. The Morgan fingerprint density at radius 2 is 1.72 bits per heavy atom. The van der Waals surface area contributed by atoms with Crippen LogP contribution in [0.5, 0.6) is 0 Å². The minimum Gasteiger partial charge on any atom is -0.480 e. The lowest BCUT2D eigenvalue weighted by molar-refractivity contribution is -0.142. The molecule has 1 aromatic rings. The van der Waals surface area contributed by atoms with Crippen molar-refractivity contribution >= 4 is 18.2 Å². The van der Waals surface area contributed by atoms with E-state index in [-0.39, 0.29) is 6.61 Å². The van der Waals surface area contributed by atoms with Crippen molar-refractivity contribution in [2.45, 2.75) is 57.8 Å². The van der Waals surface area contributed by atoms with Gasteiger partial charge in [0, 0.05) is 19.4 Å². The number of carboxylic acid groups (broad SMARTS) is 1. The molecule has 0 fully saturated rings.